The Bertz CT molecular complexity index is 925. The van der Waals surface area contributed by atoms with Gasteiger partial charge in [0.1, 0.15) is 0 Å². The Morgan fingerprint density at radius 1 is 0.968 bits per heavy atom. The summed E-state index contributed by atoms with van der Waals surface area (Å²) in [5.74, 6) is 0. The van der Waals surface area contributed by atoms with Crippen LogP contribution < -0.4 is 9.80 Å². The first-order valence-electron chi connectivity index (χ1n) is 10.4. The molecule has 164 valence electrons. The van der Waals surface area contributed by atoms with E-state index in [-0.39, 0.29) is 0 Å². The quantitative estimate of drug-likeness (QED) is 0.519. The summed E-state index contributed by atoms with van der Waals surface area (Å²) in [6.07, 6.45) is 1.08. The van der Waals surface area contributed by atoms with E-state index in [9.17, 15) is 13.2 Å². The van der Waals surface area contributed by atoms with E-state index in [1.807, 2.05) is 12.1 Å². The van der Waals surface area contributed by atoms with Crippen LogP contribution in [0.15, 0.2) is 54.7 Å². The van der Waals surface area contributed by atoms with Crippen LogP contribution in [0.1, 0.15) is 22.3 Å². The van der Waals surface area contributed by atoms with Crippen LogP contribution in [0, 0.1) is 0 Å². The summed E-state index contributed by atoms with van der Waals surface area (Å²) in [5, 5.41) is 0.748. The first-order valence-corrected chi connectivity index (χ1v) is 11.8. The first-order chi connectivity index (χ1) is 14.8. The molecule has 4 rings (SSSR count). The van der Waals surface area contributed by atoms with Crippen LogP contribution in [-0.4, -0.2) is 61.0 Å². The van der Waals surface area contributed by atoms with Crippen molar-refractivity contribution in [1.29, 1.82) is 0 Å². The Hall–Kier alpha value is -1.62. The van der Waals surface area contributed by atoms with Gasteiger partial charge < -0.3 is 0 Å². The summed E-state index contributed by atoms with van der Waals surface area (Å²) in [4.78, 5) is 6.85. The van der Waals surface area contributed by atoms with Gasteiger partial charge in [-0.15, -0.1) is 0 Å². The van der Waals surface area contributed by atoms with Crippen molar-refractivity contribution in [2.45, 2.75) is 17.3 Å². The number of alkyl halides is 3. The topological polar surface area (TPSA) is 9.72 Å². The molecule has 0 saturated carbocycles. The predicted molar refractivity (Wildman–Crippen MR) is 121 cm³/mol. The Kier molecular flexibility index (Phi) is 6.90. The molecule has 0 bridgehead atoms. The molecular weight excluding hydrogens is 486 g/mol. The number of halogens is 4. The number of fused-ring (bicyclic) bond motifs is 1. The second-order valence-electron chi connectivity index (χ2n) is 7.91. The van der Waals surface area contributed by atoms with Gasteiger partial charge in [-0.25, -0.2) is 0 Å². The van der Waals surface area contributed by atoms with E-state index in [0.717, 1.165) is 68.5 Å². The van der Waals surface area contributed by atoms with E-state index in [1.54, 1.807) is 12.1 Å². The van der Waals surface area contributed by atoms with Crippen molar-refractivity contribution in [2.75, 3.05) is 49.1 Å². The number of allylic oxidation sites excluding steroid dienone is 1. The van der Waals surface area contributed by atoms with Gasteiger partial charge in [-0.1, -0.05) is 0 Å². The molecule has 2 heterocycles. The monoisotopic (exact) mass is 509 g/mol. The van der Waals surface area contributed by atoms with E-state index in [1.165, 1.54) is 11.3 Å². The second-order valence-corrected chi connectivity index (χ2v) is 9.51. The molecule has 0 aromatic heterocycles. The molecule has 1 unspecified atom stereocenters. The third-order valence-corrected chi connectivity index (χ3v) is 7.05. The molecule has 0 amide bonds. The Labute approximate surface area is 195 Å². The predicted octanol–water partition coefficient (Wildman–Crippen LogP) is 5.11. The van der Waals surface area contributed by atoms with Crippen molar-refractivity contribution in [2.24, 2.45) is 0 Å². The summed E-state index contributed by atoms with van der Waals surface area (Å²) < 4.78 is 38.6. The van der Waals surface area contributed by atoms with Gasteiger partial charge in [-0.05, 0) is 24.3 Å². The number of nitrogens with zero attached hydrogens (tertiary/aromatic N) is 3. The molecule has 2 radical (unpaired) electrons. The van der Waals surface area contributed by atoms with Gasteiger partial charge >= 0.3 is 152 Å². The van der Waals surface area contributed by atoms with E-state index in [4.69, 9.17) is 11.6 Å². The van der Waals surface area contributed by atoms with Gasteiger partial charge in [0.2, 0.25) is 0 Å². The van der Waals surface area contributed by atoms with Gasteiger partial charge in [0.25, 0.3) is 0 Å². The van der Waals surface area contributed by atoms with Gasteiger partial charge in [-0.3, -0.25) is 0 Å². The largest absolute Gasteiger partial charge is 0.0480 e. The molecule has 2 aliphatic heterocycles. The molecule has 2 aromatic rings. The Balaban J connectivity index is 1.26. The third-order valence-electron chi connectivity index (χ3n) is 5.87. The van der Waals surface area contributed by atoms with Crippen molar-refractivity contribution in [3.8, 4) is 0 Å². The second kappa shape index (κ2) is 9.48. The number of benzene rings is 2. The fourth-order valence-corrected chi connectivity index (χ4v) is 4.92. The molecule has 1 fully saturated rings. The van der Waals surface area contributed by atoms with Crippen LogP contribution in [0.25, 0.3) is 0 Å². The minimum Gasteiger partial charge on any atom is -0.0480 e. The summed E-state index contributed by atoms with van der Waals surface area (Å²) in [6.45, 7) is 5.38. The van der Waals surface area contributed by atoms with E-state index < -0.39 is 11.7 Å². The van der Waals surface area contributed by atoms with E-state index in [0.29, 0.717) is 4.71 Å². The van der Waals surface area contributed by atoms with Gasteiger partial charge in [0.15, 0.2) is 0 Å². The fraction of sp³-hybridized carbons (Fsp3) is 0.391. The summed E-state index contributed by atoms with van der Waals surface area (Å²) in [7, 11) is 0. The summed E-state index contributed by atoms with van der Waals surface area (Å²) in [5.41, 5.74) is 2.70. The van der Waals surface area contributed by atoms with Crippen LogP contribution in [-0.2, 0) is 6.18 Å². The molecule has 0 spiro atoms. The zero-order valence-corrected chi connectivity index (χ0v) is 19.7. The first kappa shape index (κ1) is 22.6. The summed E-state index contributed by atoms with van der Waals surface area (Å²) >= 11 is 8.90. The maximum absolute atomic E-state index is 12.8. The van der Waals surface area contributed by atoms with Crippen molar-refractivity contribution >= 4 is 39.8 Å². The van der Waals surface area contributed by atoms with Crippen LogP contribution in [0.5, 0.6) is 0 Å². The zero-order valence-electron chi connectivity index (χ0n) is 17.0. The summed E-state index contributed by atoms with van der Waals surface area (Å²) in [6, 6.07) is 11.5. The van der Waals surface area contributed by atoms with Crippen molar-refractivity contribution in [3.63, 3.8) is 0 Å². The fourth-order valence-electron chi connectivity index (χ4n) is 4.14. The maximum Gasteiger partial charge on any atom is -0.0382 e. The van der Waals surface area contributed by atoms with Crippen molar-refractivity contribution in [3.05, 3.63) is 70.9 Å². The van der Waals surface area contributed by atoms with Crippen molar-refractivity contribution in [1.82, 2.24) is 4.90 Å². The molecule has 1 atom stereocenters. The molecule has 3 nitrogen and oxygen atoms in total. The molecule has 0 N–H and O–H groups in total. The molecule has 1 saturated heterocycles. The number of anilines is 2. The number of hydrogen-bond acceptors (Lipinski definition) is 3. The minimum absolute atomic E-state index is 0.328. The third kappa shape index (κ3) is 5.42. The van der Waals surface area contributed by atoms with Crippen LogP contribution >= 0.6 is 11.6 Å². The minimum atomic E-state index is -4.29. The van der Waals surface area contributed by atoms with Crippen LogP contribution in [0.3, 0.4) is 0 Å². The normalized spacial score (nSPS) is 19.6. The van der Waals surface area contributed by atoms with Crippen molar-refractivity contribution < 1.29 is 13.2 Å². The zero-order chi connectivity index (χ0) is 22.0. The average Bonchev–Trinajstić information content (AvgIpc) is 2.75. The smallest absolute Gasteiger partial charge is 0.0382 e. The molecule has 31 heavy (non-hydrogen) atoms. The standard InChI is InChI=1S/C23H24AsClF3N3/c24-21-8-11-31(22-16-18(25)4-7-20(21)22)10-1-9-29-12-14-30(15-13-29)19-5-2-17(3-6-19)23(26,27)28/h2-8,11,16,21H,1,9-10,12-15H2. The van der Waals surface area contributed by atoms with Gasteiger partial charge in [-0.2, -0.15) is 13.2 Å². The maximum atomic E-state index is 12.8. The molecular formula is C23H24AsClF3N3. The number of piperazine rings is 1. The SMILES string of the molecule is FC(F)(F)c1ccc(N2CCN(CCCN3C=CC([As])c4ccc(Cl)cc43)CC2)cc1. The molecule has 0 aliphatic carbocycles. The molecule has 2 aromatic carbocycles. The Morgan fingerprint density at radius 2 is 1.68 bits per heavy atom. The van der Waals surface area contributed by atoms with E-state index >= 15 is 0 Å². The molecule has 2 aliphatic rings. The van der Waals surface area contributed by atoms with Gasteiger partial charge in [0.05, 0.1) is 5.56 Å². The number of hydrogen-bond donors (Lipinski definition) is 0. The number of rotatable bonds is 5. The van der Waals surface area contributed by atoms with E-state index in [2.05, 4.69) is 49.9 Å². The molecule has 8 heteroatoms. The van der Waals surface area contributed by atoms with Crippen LogP contribution in [0.2, 0.25) is 5.02 Å². The van der Waals surface area contributed by atoms with Crippen LogP contribution in [0.4, 0.5) is 24.5 Å². The van der Waals surface area contributed by atoms with Gasteiger partial charge in [0, 0.05) is 0 Å². The Morgan fingerprint density at radius 3 is 2.35 bits per heavy atom. The average molecular weight is 510 g/mol.